The standard InChI is InChI=1S/C20H28N4O/c1-12-14-7-6-13(10-21-14)17(12)15-8-9-16-18(22-15)23(5)19(25)24(16)11-20(2,3)4/h8-9,13-14,21H,6-7,10-11H2,1-5H3. The van der Waals surface area contributed by atoms with Crippen LogP contribution in [0.15, 0.2) is 22.5 Å². The Morgan fingerprint density at radius 2 is 2.04 bits per heavy atom. The summed E-state index contributed by atoms with van der Waals surface area (Å²) in [4.78, 5) is 17.6. The molecule has 134 valence electrons. The van der Waals surface area contributed by atoms with E-state index < -0.39 is 0 Å². The first-order valence-corrected chi connectivity index (χ1v) is 9.27. The molecule has 2 aliphatic heterocycles. The quantitative estimate of drug-likeness (QED) is 0.914. The van der Waals surface area contributed by atoms with Crippen LogP contribution in [0.5, 0.6) is 0 Å². The first-order valence-electron chi connectivity index (χ1n) is 9.27. The van der Waals surface area contributed by atoms with Gasteiger partial charge in [-0.05, 0) is 48.8 Å². The molecule has 1 saturated heterocycles. The van der Waals surface area contributed by atoms with E-state index in [2.05, 4.69) is 45.1 Å². The number of aromatic nitrogens is 3. The molecule has 2 atom stereocenters. The molecule has 0 aromatic carbocycles. The maximum absolute atomic E-state index is 12.7. The van der Waals surface area contributed by atoms with E-state index in [1.54, 1.807) is 4.57 Å². The van der Waals surface area contributed by atoms with Crippen molar-refractivity contribution in [2.75, 3.05) is 6.54 Å². The molecule has 0 saturated carbocycles. The third kappa shape index (κ3) is 2.65. The number of nitrogens with one attached hydrogen (secondary N) is 1. The minimum atomic E-state index is 0.0205. The molecule has 1 fully saturated rings. The average Bonchev–Trinajstić information content (AvgIpc) is 2.79. The van der Waals surface area contributed by atoms with Crippen molar-refractivity contribution in [3.8, 4) is 0 Å². The van der Waals surface area contributed by atoms with Gasteiger partial charge in [0.25, 0.3) is 0 Å². The Hall–Kier alpha value is -1.88. The molecule has 25 heavy (non-hydrogen) atoms. The van der Waals surface area contributed by atoms with Gasteiger partial charge >= 0.3 is 5.69 Å². The molecular formula is C20H28N4O. The molecule has 3 aliphatic rings. The molecule has 0 radical (unpaired) electrons. The van der Waals surface area contributed by atoms with Crippen LogP contribution >= 0.6 is 0 Å². The third-order valence-electron chi connectivity index (χ3n) is 5.66. The number of hydrogen-bond donors (Lipinski definition) is 1. The normalized spacial score (nSPS) is 23.7. The Bertz CT molecular complexity index is 918. The first kappa shape index (κ1) is 16.6. The first-order chi connectivity index (χ1) is 11.8. The van der Waals surface area contributed by atoms with Crippen molar-refractivity contribution >= 4 is 16.7 Å². The molecule has 2 aromatic rings. The molecule has 2 unspecified atom stereocenters. The highest BCUT2D eigenvalue weighted by Gasteiger charge is 2.34. The van der Waals surface area contributed by atoms with Crippen molar-refractivity contribution in [1.29, 1.82) is 0 Å². The summed E-state index contributed by atoms with van der Waals surface area (Å²) in [6.45, 7) is 10.4. The maximum Gasteiger partial charge on any atom is 0.330 e. The zero-order valence-electron chi connectivity index (χ0n) is 15.9. The summed E-state index contributed by atoms with van der Waals surface area (Å²) in [5.74, 6) is 0.545. The topological polar surface area (TPSA) is 51.9 Å². The van der Waals surface area contributed by atoms with Crippen LogP contribution in [0, 0.1) is 11.3 Å². The lowest BCUT2D eigenvalue weighted by Crippen LogP contribution is -2.45. The van der Waals surface area contributed by atoms with Gasteiger partial charge in [0, 0.05) is 26.2 Å². The number of hydrogen-bond acceptors (Lipinski definition) is 3. The summed E-state index contributed by atoms with van der Waals surface area (Å²) in [5, 5.41) is 3.61. The van der Waals surface area contributed by atoms with Crippen molar-refractivity contribution in [1.82, 2.24) is 19.4 Å². The number of rotatable bonds is 2. The molecule has 2 aromatic heterocycles. The zero-order chi connectivity index (χ0) is 17.9. The summed E-state index contributed by atoms with van der Waals surface area (Å²) in [5.41, 5.74) is 5.66. The van der Waals surface area contributed by atoms with Gasteiger partial charge in [-0.1, -0.05) is 26.3 Å². The van der Waals surface area contributed by atoms with E-state index in [1.807, 2.05) is 11.6 Å². The monoisotopic (exact) mass is 340 g/mol. The lowest BCUT2D eigenvalue weighted by molar-refractivity contribution is 0.342. The van der Waals surface area contributed by atoms with E-state index in [0.717, 1.165) is 23.4 Å². The minimum Gasteiger partial charge on any atom is -0.310 e. The summed E-state index contributed by atoms with van der Waals surface area (Å²) in [7, 11) is 1.83. The van der Waals surface area contributed by atoms with Gasteiger partial charge in [-0.15, -0.1) is 0 Å². The minimum absolute atomic E-state index is 0.0205. The fraction of sp³-hybridized carbons (Fsp3) is 0.600. The fourth-order valence-electron chi connectivity index (χ4n) is 4.44. The number of pyridine rings is 1. The van der Waals surface area contributed by atoms with Crippen LogP contribution in [-0.2, 0) is 13.6 Å². The third-order valence-corrected chi connectivity index (χ3v) is 5.66. The van der Waals surface area contributed by atoms with Crippen molar-refractivity contribution in [2.45, 2.75) is 53.1 Å². The summed E-state index contributed by atoms with van der Waals surface area (Å²) >= 11 is 0. The SMILES string of the molecule is CC1=C(c2ccc3c(n2)n(C)c(=O)n3CC(C)(C)C)C2CCC1NC2. The van der Waals surface area contributed by atoms with Gasteiger partial charge < -0.3 is 5.32 Å². The van der Waals surface area contributed by atoms with Gasteiger partial charge in [0.05, 0.1) is 11.2 Å². The van der Waals surface area contributed by atoms with E-state index in [4.69, 9.17) is 4.98 Å². The second kappa shape index (κ2) is 5.56. The second-order valence-corrected chi connectivity index (χ2v) is 8.86. The maximum atomic E-state index is 12.7. The number of piperidine rings is 1. The molecule has 5 rings (SSSR count). The van der Waals surface area contributed by atoms with Crippen molar-refractivity contribution in [2.24, 2.45) is 18.4 Å². The lowest BCUT2D eigenvalue weighted by Gasteiger charge is -2.40. The van der Waals surface area contributed by atoms with Gasteiger partial charge in [0.2, 0.25) is 0 Å². The van der Waals surface area contributed by atoms with Crippen LogP contribution in [0.4, 0.5) is 0 Å². The Morgan fingerprint density at radius 1 is 1.28 bits per heavy atom. The highest BCUT2D eigenvalue weighted by molar-refractivity contribution is 5.78. The average molecular weight is 340 g/mol. The number of imidazole rings is 1. The van der Waals surface area contributed by atoms with Crippen molar-refractivity contribution in [3.63, 3.8) is 0 Å². The highest BCUT2D eigenvalue weighted by Crippen LogP contribution is 2.39. The van der Waals surface area contributed by atoms with E-state index in [1.165, 1.54) is 24.0 Å². The number of nitrogens with zero attached hydrogens (tertiary/aromatic N) is 3. The Labute approximate surface area is 148 Å². The lowest BCUT2D eigenvalue weighted by atomic mass is 9.75. The van der Waals surface area contributed by atoms with Crippen molar-refractivity contribution < 1.29 is 0 Å². The van der Waals surface area contributed by atoms with Gasteiger partial charge in [-0.25, -0.2) is 9.78 Å². The van der Waals surface area contributed by atoms with Crippen LogP contribution < -0.4 is 11.0 Å². The van der Waals surface area contributed by atoms with Crippen LogP contribution in [0.2, 0.25) is 0 Å². The molecule has 4 heterocycles. The predicted molar refractivity (Wildman–Crippen MR) is 102 cm³/mol. The predicted octanol–water partition coefficient (Wildman–Crippen LogP) is 2.94. The van der Waals surface area contributed by atoms with Gasteiger partial charge in [0.1, 0.15) is 0 Å². The zero-order valence-corrected chi connectivity index (χ0v) is 15.9. The van der Waals surface area contributed by atoms with Crippen LogP contribution in [0.3, 0.4) is 0 Å². The Morgan fingerprint density at radius 3 is 2.64 bits per heavy atom. The van der Waals surface area contributed by atoms with Gasteiger partial charge in [-0.3, -0.25) is 9.13 Å². The van der Waals surface area contributed by atoms with Crippen molar-refractivity contribution in [3.05, 3.63) is 33.9 Å². The van der Waals surface area contributed by atoms with Crippen LogP contribution in [0.25, 0.3) is 16.7 Å². The largest absolute Gasteiger partial charge is 0.330 e. The summed E-state index contributed by atoms with van der Waals surface area (Å²) in [6, 6.07) is 4.69. The summed E-state index contributed by atoms with van der Waals surface area (Å²) < 4.78 is 3.56. The molecule has 0 spiro atoms. The fourth-order valence-corrected chi connectivity index (χ4v) is 4.44. The van der Waals surface area contributed by atoms with E-state index in [9.17, 15) is 4.79 Å². The van der Waals surface area contributed by atoms with E-state index >= 15 is 0 Å². The van der Waals surface area contributed by atoms with Gasteiger partial charge in [-0.2, -0.15) is 0 Å². The molecule has 2 bridgehead atoms. The highest BCUT2D eigenvalue weighted by atomic mass is 16.1. The smallest absolute Gasteiger partial charge is 0.310 e. The number of fused-ring (bicyclic) bond motifs is 3. The Balaban J connectivity index is 1.86. The van der Waals surface area contributed by atoms with E-state index in [0.29, 0.717) is 18.5 Å². The molecule has 5 heteroatoms. The van der Waals surface area contributed by atoms with E-state index in [-0.39, 0.29) is 11.1 Å². The molecule has 0 amide bonds. The molecule has 5 nitrogen and oxygen atoms in total. The Kier molecular flexibility index (Phi) is 3.69. The molecule has 1 N–H and O–H groups in total. The second-order valence-electron chi connectivity index (χ2n) is 8.86. The molecule has 1 aliphatic carbocycles. The number of aryl methyl sites for hydroxylation is 1. The van der Waals surface area contributed by atoms with Crippen LogP contribution in [0.1, 0.15) is 46.2 Å². The molecular weight excluding hydrogens is 312 g/mol. The van der Waals surface area contributed by atoms with Gasteiger partial charge in [0.15, 0.2) is 5.65 Å². The summed E-state index contributed by atoms with van der Waals surface area (Å²) in [6.07, 6.45) is 2.46. The van der Waals surface area contributed by atoms with Crippen LogP contribution in [-0.4, -0.2) is 26.7 Å².